The molecule has 2 N–H and O–H groups in total. The molecular formula is C11H8ClFN6. The van der Waals surface area contributed by atoms with Crippen molar-refractivity contribution >= 4 is 22.9 Å². The highest BCUT2D eigenvalue weighted by atomic mass is 35.5. The Morgan fingerprint density at radius 3 is 3.00 bits per heavy atom. The van der Waals surface area contributed by atoms with E-state index < -0.39 is 5.82 Å². The smallest absolute Gasteiger partial charge is 0.216 e. The van der Waals surface area contributed by atoms with E-state index in [0.717, 1.165) is 0 Å². The molecule has 2 rings (SSSR count). The standard InChI is InChI=1S/C11H8ClFN6/c1-6-8(13)2-3-9(10(6)12)15-5-7(4-14)11-16-18-19-17-11/h2-3,5,15H,1H3,(H,16,17,18,19). The largest absolute Gasteiger partial charge is 0.359 e. The van der Waals surface area contributed by atoms with Crippen LogP contribution in [-0.4, -0.2) is 20.6 Å². The van der Waals surface area contributed by atoms with Crippen molar-refractivity contribution in [1.29, 1.82) is 5.26 Å². The van der Waals surface area contributed by atoms with Crippen LogP contribution in [0.5, 0.6) is 0 Å². The van der Waals surface area contributed by atoms with Crippen molar-refractivity contribution in [3.05, 3.63) is 40.6 Å². The van der Waals surface area contributed by atoms with Crippen LogP contribution in [-0.2, 0) is 0 Å². The van der Waals surface area contributed by atoms with E-state index in [9.17, 15) is 4.39 Å². The maximum absolute atomic E-state index is 13.2. The van der Waals surface area contributed by atoms with Gasteiger partial charge in [-0.3, -0.25) is 0 Å². The summed E-state index contributed by atoms with van der Waals surface area (Å²) in [4.78, 5) is 0. The lowest BCUT2D eigenvalue weighted by Crippen LogP contribution is -1.95. The summed E-state index contributed by atoms with van der Waals surface area (Å²) in [5, 5.41) is 25.0. The second kappa shape index (κ2) is 5.46. The predicted octanol–water partition coefficient (Wildman–Crippen LogP) is 2.28. The molecule has 0 atom stereocenters. The average Bonchev–Trinajstić information content (AvgIpc) is 2.93. The van der Waals surface area contributed by atoms with Gasteiger partial charge in [-0.2, -0.15) is 10.5 Å². The molecule has 0 amide bonds. The van der Waals surface area contributed by atoms with Gasteiger partial charge in [0.1, 0.15) is 17.5 Å². The van der Waals surface area contributed by atoms with Gasteiger partial charge in [0.15, 0.2) is 0 Å². The Morgan fingerprint density at radius 2 is 2.37 bits per heavy atom. The van der Waals surface area contributed by atoms with Gasteiger partial charge in [-0.1, -0.05) is 11.6 Å². The number of nitrogens with one attached hydrogen (secondary N) is 2. The Kier molecular flexibility index (Phi) is 3.73. The summed E-state index contributed by atoms with van der Waals surface area (Å²) in [6.07, 6.45) is 1.38. The van der Waals surface area contributed by atoms with E-state index in [1.807, 2.05) is 6.07 Å². The summed E-state index contributed by atoms with van der Waals surface area (Å²) in [7, 11) is 0. The maximum Gasteiger partial charge on any atom is 0.216 e. The molecule has 19 heavy (non-hydrogen) atoms. The third-order valence-electron chi connectivity index (χ3n) is 2.40. The molecule has 96 valence electrons. The zero-order valence-corrected chi connectivity index (χ0v) is 10.5. The summed E-state index contributed by atoms with van der Waals surface area (Å²) >= 11 is 5.99. The Balaban J connectivity index is 2.28. The quantitative estimate of drug-likeness (QED) is 0.841. The molecule has 1 aromatic heterocycles. The lowest BCUT2D eigenvalue weighted by molar-refractivity contribution is 0.619. The number of allylic oxidation sites excluding steroid dienone is 1. The van der Waals surface area contributed by atoms with Crippen LogP contribution in [0.4, 0.5) is 10.1 Å². The molecule has 8 heteroatoms. The highest BCUT2D eigenvalue weighted by Crippen LogP contribution is 2.27. The van der Waals surface area contributed by atoms with Gasteiger partial charge in [-0.05, 0) is 24.3 Å². The Morgan fingerprint density at radius 1 is 1.58 bits per heavy atom. The number of nitriles is 1. The fourth-order valence-electron chi connectivity index (χ4n) is 1.35. The van der Waals surface area contributed by atoms with Crippen LogP contribution in [0.15, 0.2) is 18.3 Å². The summed E-state index contributed by atoms with van der Waals surface area (Å²) in [5.41, 5.74) is 0.988. The third-order valence-corrected chi connectivity index (χ3v) is 2.89. The van der Waals surface area contributed by atoms with Crippen molar-refractivity contribution in [1.82, 2.24) is 20.6 Å². The molecule has 0 saturated heterocycles. The first-order valence-electron chi connectivity index (χ1n) is 5.18. The number of halogens is 2. The van der Waals surface area contributed by atoms with Gasteiger partial charge in [0, 0.05) is 11.8 Å². The average molecular weight is 279 g/mol. The second-order valence-electron chi connectivity index (χ2n) is 3.58. The van der Waals surface area contributed by atoms with Crippen molar-refractivity contribution in [3.8, 4) is 6.07 Å². The molecule has 0 aliphatic rings. The van der Waals surface area contributed by atoms with E-state index in [1.54, 1.807) is 6.92 Å². The first-order chi connectivity index (χ1) is 9.13. The predicted molar refractivity (Wildman–Crippen MR) is 67.5 cm³/mol. The number of H-pyrrole nitrogens is 1. The highest BCUT2D eigenvalue weighted by Gasteiger charge is 2.09. The number of aromatic amines is 1. The number of benzene rings is 1. The number of tetrazole rings is 1. The minimum Gasteiger partial charge on any atom is -0.359 e. The number of rotatable bonds is 3. The molecule has 1 aromatic carbocycles. The molecule has 0 fully saturated rings. The molecule has 0 bridgehead atoms. The van der Waals surface area contributed by atoms with Gasteiger partial charge in [0.2, 0.25) is 5.82 Å². The van der Waals surface area contributed by atoms with Crippen LogP contribution in [0.3, 0.4) is 0 Å². The van der Waals surface area contributed by atoms with Gasteiger partial charge in [-0.25, -0.2) is 4.39 Å². The van der Waals surface area contributed by atoms with Gasteiger partial charge in [0.25, 0.3) is 0 Å². The topological polar surface area (TPSA) is 90.3 Å². The van der Waals surface area contributed by atoms with Crippen LogP contribution in [0, 0.1) is 24.1 Å². The van der Waals surface area contributed by atoms with Crippen molar-refractivity contribution in [3.63, 3.8) is 0 Å². The van der Waals surface area contributed by atoms with Crippen molar-refractivity contribution in [2.24, 2.45) is 0 Å². The number of nitrogens with zero attached hydrogens (tertiary/aromatic N) is 4. The lowest BCUT2D eigenvalue weighted by atomic mass is 10.2. The van der Waals surface area contributed by atoms with Gasteiger partial charge in [-0.15, -0.1) is 10.2 Å². The monoisotopic (exact) mass is 278 g/mol. The molecule has 0 radical (unpaired) electrons. The minimum atomic E-state index is -0.391. The van der Waals surface area contributed by atoms with E-state index in [4.69, 9.17) is 16.9 Å². The van der Waals surface area contributed by atoms with E-state index >= 15 is 0 Å². The third kappa shape index (κ3) is 2.69. The molecular weight excluding hydrogens is 271 g/mol. The molecule has 1 heterocycles. The lowest BCUT2D eigenvalue weighted by Gasteiger charge is -2.07. The van der Waals surface area contributed by atoms with Crippen LogP contribution in [0.1, 0.15) is 11.4 Å². The zero-order chi connectivity index (χ0) is 13.8. The Bertz CT molecular complexity index is 659. The van der Waals surface area contributed by atoms with Crippen LogP contribution in [0.2, 0.25) is 5.02 Å². The molecule has 0 spiro atoms. The van der Waals surface area contributed by atoms with Crippen LogP contribution < -0.4 is 5.32 Å². The maximum atomic E-state index is 13.2. The SMILES string of the molecule is Cc1c(F)ccc(NC=C(C#N)c2nn[nH]n2)c1Cl. The first kappa shape index (κ1) is 13.0. The number of aromatic nitrogens is 4. The molecule has 0 aliphatic heterocycles. The molecule has 2 aromatic rings. The minimum absolute atomic E-state index is 0.157. The van der Waals surface area contributed by atoms with Crippen LogP contribution >= 0.6 is 11.6 Å². The Hall–Kier alpha value is -2.46. The molecule has 0 saturated carbocycles. The van der Waals surface area contributed by atoms with E-state index in [1.165, 1.54) is 18.3 Å². The van der Waals surface area contributed by atoms with Gasteiger partial charge < -0.3 is 5.32 Å². The second-order valence-corrected chi connectivity index (χ2v) is 3.96. The van der Waals surface area contributed by atoms with Gasteiger partial charge in [0.05, 0.1) is 10.7 Å². The van der Waals surface area contributed by atoms with Crippen molar-refractivity contribution < 1.29 is 4.39 Å². The zero-order valence-electron chi connectivity index (χ0n) is 9.78. The molecule has 0 unspecified atom stereocenters. The fraction of sp³-hybridized carbons (Fsp3) is 0.0909. The summed E-state index contributed by atoms with van der Waals surface area (Å²) in [5.74, 6) is -0.233. The van der Waals surface area contributed by atoms with Crippen LogP contribution in [0.25, 0.3) is 5.57 Å². The van der Waals surface area contributed by atoms with E-state index in [0.29, 0.717) is 11.3 Å². The van der Waals surface area contributed by atoms with E-state index in [-0.39, 0.29) is 16.4 Å². The fourth-order valence-corrected chi connectivity index (χ4v) is 1.55. The van der Waals surface area contributed by atoms with E-state index in [2.05, 4.69) is 25.9 Å². The van der Waals surface area contributed by atoms with Crippen molar-refractivity contribution in [2.45, 2.75) is 6.92 Å². The Labute approximate surface area is 112 Å². The highest BCUT2D eigenvalue weighted by molar-refractivity contribution is 6.34. The summed E-state index contributed by atoms with van der Waals surface area (Å²) < 4.78 is 13.2. The number of anilines is 1. The molecule has 0 aliphatic carbocycles. The molecule has 6 nitrogen and oxygen atoms in total. The number of hydrogen-bond acceptors (Lipinski definition) is 5. The van der Waals surface area contributed by atoms with Crippen molar-refractivity contribution in [2.75, 3.05) is 5.32 Å². The van der Waals surface area contributed by atoms with Gasteiger partial charge >= 0.3 is 0 Å². The summed E-state index contributed by atoms with van der Waals surface area (Å²) in [6, 6.07) is 4.68. The normalized spacial score (nSPS) is 11.2. The first-order valence-corrected chi connectivity index (χ1v) is 5.56. The number of hydrogen-bond donors (Lipinski definition) is 2. The summed E-state index contributed by atoms with van der Waals surface area (Å²) in [6.45, 7) is 1.57.